The molecule has 0 aliphatic carbocycles. The third-order valence-corrected chi connectivity index (χ3v) is 9.30. The monoisotopic (exact) mass is 590 g/mol. The number of nitrogens with zero attached hydrogens (tertiary/aromatic N) is 4. The van der Waals surface area contributed by atoms with Gasteiger partial charge in [-0.3, -0.25) is 14.4 Å². The molecule has 2 saturated heterocycles. The van der Waals surface area contributed by atoms with E-state index < -0.39 is 12.0 Å². The Morgan fingerprint density at radius 2 is 1.81 bits per heavy atom. The van der Waals surface area contributed by atoms with Crippen molar-refractivity contribution in [3.8, 4) is 5.75 Å². The number of aryl methyl sites for hydroxylation is 1. The predicted octanol–water partition coefficient (Wildman–Crippen LogP) is 6.04. The van der Waals surface area contributed by atoms with Crippen LogP contribution < -0.4 is 4.74 Å². The van der Waals surface area contributed by atoms with Crippen LogP contribution >= 0.6 is 0 Å². The number of rotatable bonds is 12. The van der Waals surface area contributed by atoms with Gasteiger partial charge in [0.25, 0.3) is 0 Å². The van der Waals surface area contributed by atoms with Gasteiger partial charge in [0.1, 0.15) is 17.6 Å². The zero-order valence-electron chi connectivity index (χ0n) is 26.1. The Labute approximate surface area is 255 Å². The molecule has 3 aromatic rings. The molecule has 0 spiro atoms. The molecule has 2 aromatic carbocycles. The number of halogens is 1. The van der Waals surface area contributed by atoms with Gasteiger partial charge in [0.2, 0.25) is 0 Å². The molecule has 232 valence electrons. The number of ether oxygens (including phenoxy) is 1. The van der Waals surface area contributed by atoms with E-state index in [0.717, 1.165) is 62.4 Å². The van der Waals surface area contributed by atoms with Gasteiger partial charge in [-0.25, -0.2) is 4.39 Å². The SMILES string of the molecule is CCOc1ccc(Cc2cc(C3CCN(C[C@H]4CN([C@@H](C(=O)O)C(C)C)C[C@@H]4c4cccc(F)c4)CC3)n(CC)n2)cc1. The van der Waals surface area contributed by atoms with Crippen LogP contribution in [-0.4, -0.2) is 76.0 Å². The van der Waals surface area contributed by atoms with Gasteiger partial charge >= 0.3 is 5.97 Å². The number of piperidine rings is 1. The van der Waals surface area contributed by atoms with Crippen LogP contribution in [0, 0.1) is 17.7 Å². The van der Waals surface area contributed by atoms with Crippen LogP contribution in [0.25, 0.3) is 0 Å². The highest BCUT2D eigenvalue weighted by molar-refractivity contribution is 5.73. The lowest BCUT2D eigenvalue weighted by Gasteiger charge is -2.35. The number of likely N-dealkylation sites (tertiary alicyclic amines) is 2. The van der Waals surface area contributed by atoms with E-state index in [2.05, 4.69) is 39.6 Å². The fourth-order valence-electron chi connectivity index (χ4n) is 7.27. The number of carboxylic acids is 1. The number of aliphatic carboxylic acids is 1. The molecule has 3 heterocycles. The first-order valence-corrected chi connectivity index (χ1v) is 16.0. The Kier molecular flexibility index (Phi) is 10.2. The maximum absolute atomic E-state index is 14.2. The summed E-state index contributed by atoms with van der Waals surface area (Å²) < 4.78 is 22.0. The van der Waals surface area contributed by atoms with Crippen molar-refractivity contribution in [1.29, 1.82) is 0 Å². The summed E-state index contributed by atoms with van der Waals surface area (Å²) >= 11 is 0. The first-order valence-electron chi connectivity index (χ1n) is 16.0. The molecule has 43 heavy (non-hydrogen) atoms. The molecular formula is C35H47FN4O3. The van der Waals surface area contributed by atoms with Crippen molar-refractivity contribution < 1.29 is 19.0 Å². The van der Waals surface area contributed by atoms with Gasteiger partial charge in [-0.05, 0) is 93.1 Å². The third kappa shape index (κ3) is 7.47. The second-order valence-electron chi connectivity index (χ2n) is 12.6. The topological polar surface area (TPSA) is 70.8 Å². The summed E-state index contributed by atoms with van der Waals surface area (Å²) in [6, 6.07) is 16.9. The van der Waals surface area contributed by atoms with Gasteiger partial charge in [0, 0.05) is 50.1 Å². The summed E-state index contributed by atoms with van der Waals surface area (Å²) in [5.41, 5.74) is 4.63. The van der Waals surface area contributed by atoms with Gasteiger partial charge in [-0.2, -0.15) is 5.10 Å². The van der Waals surface area contributed by atoms with E-state index in [1.165, 1.54) is 17.3 Å². The van der Waals surface area contributed by atoms with E-state index in [4.69, 9.17) is 9.84 Å². The number of carboxylic acid groups (broad SMARTS) is 1. The Bertz CT molecular complexity index is 1350. The minimum Gasteiger partial charge on any atom is -0.494 e. The Hall–Kier alpha value is -3.23. The number of benzene rings is 2. The van der Waals surface area contributed by atoms with Crippen molar-refractivity contribution in [2.75, 3.05) is 39.3 Å². The number of hydrogen-bond donors (Lipinski definition) is 1. The minimum atomic E-state index is -0.774. The number of carbonyl (C=O) groups is 1. The normalized spacial score (nSPS) is 21.0. The van der Waals surface area contributed by atoms with E-state index in [0.29, 0.717) is 25.6 Å². The first-order chi connectivity index (χ1) is 20.7. The van der Waals surface area contributed by atoms with E-state index in [-0.39, 0.29) is 23.6 Å². The lowest BCUT2D eigenvalue weighted by atomic mass is 9.87. The maximum atomic E-state index is 14.2. The van der Waals surface area contributed by atoms with Crippen molar-refractivity contribution in [2.24, 2.45) is 11.8 Å². The number of hydrogen-bond acceptors (Lipinski definition) is 5. The van der Waals surface area contributed by atoms with E-state index in [1.54, 1.807) is 12.1 Å². The van der Waals surface area contributed by atoms with Crippen LogP contribution in [0.5, 0.6) is 5.75 Å². The molecule has 0 saturated carbocycles. The number of aromatic nitrogens is 2. The summed E-state index contributed by atoms with van der Waals surface area (Å²) in [4.78, 5) is 16.8. The van der Waals surface area contributed by atoms with Crippen LogP contribution in [0.2, 0.25) is 0 Å². The molecule has 1 N–H and O–H groups in total. The highest BCUT2D eigenvalue weighted by Gasteiger charge is 2.41. The Morgan fingerprint density at radius 1 is 1.07 bits per heavy atom. The average molecular weight is 591 g/mol. The highest BCUT2D eigenvalue weighted by Crippen LogP contribution is 2.37. The van der Waals surface area contributed by atoms with Crippen molar-refractivity contribution in [2.45, 2.75) is 71.4 Å². The molecule has 2 fully saturated rings. The molecule has 0 radical (unpaired) electrons. The van der Waals surface area contributed by atoms with Crippen LogP contribution in [0.4, 0.5) is 4.39 Å². The molecule has 1 aromatic heterocycles. The van der Waals surface area contributed by atoms with Crippen LogP contribution in [-0.2, 0) is 17.8 Å². The fraction of sp³-hybridized carbons (Fsp3) is 0.543. The molecule has 8 heteroatoms. The van der Waals surface area contributed by atoms with Crippen LogP contribution in [0.3, 0.4) is 0 Å². The van der Waals surface area contributed by atoms with Crippen molar-refractivity contribution in [3.63, 3.8) is 0 Å². The first kappa shape index (κ1) is 31.2. The lowest BCUT2D eigenvalue weighted by Crippen LogP contribution is -2.44. The predicted molar refractivity (Wildman–Crippen MR) is 167 cm³/mol. The van der Waals surface area contributed by atoms with E-state index in [9.17, 15) is 14.3 Å². The molecule has 0 unspecified atom stereocenters. The summed E-state index contributed by atoms with van der Waals surface area (Å²) in [7, 11) is 0. The molecule has 5 rings (SSSR count). The quantitative estimate of drug-likeness (QED) is 0.278. The summed E-state index contributed by atoms with van der Waals surface area (Å²) in [5, 5.41) is 14.9. The molecule has 0 amide bonds. The van der Waals surface area contributed by atoms with E-state index >= 15 is 0 Å². The molecule has 2 aliphatic heterocycles. The van der Waals surface area contributed by atoms with Crippen molar-refractivity contribution in [1.82, 2.24) is 19.6 Å². The van der Waals surface area contributed by atoms with Crippen LogP contribution in [0.1, 0.15) is 74.9 Å². The molecule has 7 nitrogen and oxygen atoms in total. The largest absolute Gasteiger partial charge is 0.494 e. The zero-order valence-corrected chi connectivity index (χ0v) is 26.1. The molecule has 2 aliphatic rings. The summed E-state index contributed by atoms with van der Waals surface area (Å²) in [5.74, 6) is 0.720. The zero-order chi connectivity index (χ0) is 30.5. The highest BCUT2D eigenvalue weighted by atomic mass is 19.1. The van der Waals surface area contributed by atoms with Gasteiger partial charge < -0.3 is 14.7 Å². The Morgan fingerprint density at radius 3 is 2.44 bits per heavy atom. The molecular weight excluding hydrogens is 543 g/mol. The second-order valence-corrected chi connectivity index (χ2v) is 12.6. The molecule has 3 atom stereocenters. The summed E-state index contributed by atoms with van der Waals surface area (Å²) in [6.07, 6.45) is 2.94. The summed E-state index contributed by atoms with van der Waals surface area (Å²) in [6.45, 7) is 13.9. The minimum absolute atomic E-state index is 0.00268. The van der Waals surface area contributed by atoms with E-state index in [1.807, 2.05) is 39.0 Å². The van der Waals surface area contributed by atoms with Crippen molar-refractivity contribution in [3.05, 3.63) is 82.9 Å². The van der Waals surface area contributed by atoms with Gasteiger partial charge in [-0.1, -0.05) is 38.1 Å². The van der Waals surface area contributed by atoms with Gasteiger partial charge in [-0.15, -0.1) is 0 Å². The van der Waals surface area contributed by atoms with Crippen molar-refractivity contribution >= 4 is 5.97 Å². The standard InChI is InChI=1S/C35H47FN4O3/c1-5-40-33(20-30(37-40)18-25-10-12-31(13-11-25)43-6-2)26-14-16-38(17-15-26)21-28-22-39(34(24(3)4)35(41)42)23-32(28)27-8-7-9-29(36)19-27/h7-13,19-20,24,26,28,32,34H,5-6,14-18,21-23H2,1-4H3,(H,41,42)/t28-,32+,34+/m0/s1. The smallest absolute Gasteiger partial charge is 0.321 e. The van der Waals surface area contributed by atoms with Crippen LogP contribution in [0.15, 0.2) is 54.6 Å². The fourth-order valence-corrected chi connectivity index (χ4v) is 7.27. The Balaban J connectivity index is 1.24. The average Bonchev–Trinajstić information content (AvgIpc) is 3.58. The van der Waals surface area contributed by atoms with Gasteiger partial charge in [0.15, 0.2) is 0 Å². The lowest BCUT2D eigenvalue weighted by molar-refractivity contribution is -0.144. The second kappa shape index (κ2) is 14.0. The molecule has 0 bridgehead atoms. The third-order valence-electron chi connectivity index (χ3n) is 9.30. The maximum Gasteiger partial charge on any atom is 0.321 e. The van der Waals surface area contributed by atoms with Gasteiger partial charge in [0.05, 0.1) is 12.3 Å².